The van der Waals surface area contributed by atoms with Gasteiger partial charge in [0.2, 0.25) is 5.17 Å². The number of para-hydroxylation sites is 2. The van der Waals surface area contributed by atoms with Crippen molar-refractivity contribution >= 4 is 50.7 Å². The number of benzene rings is 3. The molecule has 2 aliphatic heterocycles. The van der Waals surface area contributed by atoms with Crippen molar-refractivity contribution in [1.29, 1.82) is 5.41 Å². The molecule has 0 aliphatic carbocycles. The summed E-state index contributed by atoms with van der Waals surface area (Å²) in [5, 5.41) is 16.6. The van der Waals surface area contributed by atoms with Crippen LogP contribution in [0.25, 0.3) is 17.0 Å². The summed E-state index contributed by atoms with van der Waals surface area (Å²) >= 11 is 1.25. The van der Waals surface area contributed by atoms with Crippen LogP contribution in [0.1, 0.15) is 11.1 Å². The fourth-order valence-electron chi connectivity index (χ4n) is 4.21. The van der Waals surface area contributed by atoms with Gasteiger partial charge < -0.3 is 9.30 Å². The van der Waals surface area contributed by atoms with Crippen LogP contribution >= 0.6 is 11.8 Å². The van der Waals surface area contributed by atoms with E-state index < -0.39 is 5.91 Å². The van der Waals surface area contributed by atoms with E-state index in [0.29, 0.717) is 16.8 Å². The molecule has 0 spiro atoms. The van der Waals surface area contributed by atoms with E-state index in [1.165, 1.54) is 22.3 Å². The minimum Gasteiger partial charge on any atom is -0.487 e. The first kappa shape index (κ1) is 22.1. The second-order valence-corrected chi connectivity index (χ2v) is 9.37. The molecule has 176 valence electrons. The summed E-state index contributed by atoms with van der Waals surface area (Å²) in [5.74, 6) is 0.289. The molecule has 4 aromatic rings. The first-order valence-corrected chi connectivity index (χ1v) is 12.3. The highest BCUT2D eigenvalue weighted by atomic mass is 32.2. The number of fused-ring (bicyclic) bond motifs is 2. The number of hydrazone groups is 1. The Kier molecular flexibility index (Phi) is 5.71. The van der Waals surface area contributed by atoms with Crippen molar-refractivity contribution in [1.82, 2.24) is 9.58 Å². The van der Waals surface area contributed by atoms with Gasteiger partial charge in [-0.3, -0.25) is 10.2 Å². The highest BCUT2D eigenvalue weighted by molar-refractivity contribution is 8.27. The van der Waals surface area contributed by atoms with Crippen molar-refractivity contribution in [3.63, 3.8) is 0 Å². The number of amides is 1. The second kappa shape index (κ2) is 9.31. The van der Waals surface area contributed by atoms with Gasteiger partial charge >= 0.3 is 0 Å². The fraction of sp³-hybridized carbons (Fsp3) is 0.0714. The van der Waals surface area contributed by atoms with Crippen LogP contribution in [0.4, 0.5) is 0 Å². The highest BCUT2D eigenvalue weighted by Crippen LogP contribution is 2.30. The molecule has 0 fully saturated rings. The number of carbonyl (C=O) groups is 1. The third-order valence-electron chi connectivity index (χ3n) is 5.92. The molecular weight excluding hydrogens is 470 g/mol. The highest BCUT2D eigenvalue weighted by Gasteiger charge is 2.36. The van der Waals surface area contributed by atoms with Gasteiger partial charge in [0.15, 0.2) is 5.84 Å². The molecule has 1 N–H and O–H groups in total. The first-order chi connectivity index (χ1) is 17.7. The number of nitrogens with zero attached hydrogens (tertiary/aromatic N) is 4. The lowest BCUT2D eigenvalue weighted by Crippen LogP contribution is -2.35. The van der Waals surface area contributed by atoms with E-state index in [-0.39, 0.29) is 18.0 Å². The average molecular weight is 492 g/mol. The number of amidine groups is 2. The summed E-state index contributed by atoms with van der Waals surface area (Å²) in [5.41, 5.74) is 3.30. The van der Waals surface area contributed by atoms with Crippen LogP contribution in [-0.2, 0) is 11.3 Å². The standard InChI is InChI=1S/C28H21N5O2S/c29-26-23(27(34)30-28-33(26)31-25(36-28)18-35-21-11-5-2-6-12-21)15-20-17-32(16-19-9-3-1-4-10-19)24-14-8-7-13-22(20)24/h1-15,17,29H,16,18H2/b23-15-,29-26?. The van der Waals surface area contributed by atoms with Gasteiger partial charge in [-0.15, -0.1) is 0 Å². The molecule has 1 amide bonds. The SMILES string of the molecule is N=C1/C(=C/c2cn(Cc3ccccc3)c3ccccc23)C(=O)N=C2SC(COc3ccccc3)=NN12. The van der Waals surface area contributed by atoms with Gasteiger partial charge in [-0.2, -0.15) is 15.1 Å². The number of thioether (sulfide) groups is 1. The number of carbonyl (C=O) groups excluding carboxylic acids is 1. The van der Waals surface area contributed by atoms with Gasteiger partial charge in [-0.1, -0.05) is 66.7 Å². The lowest BCUT2D eigenvalue weighted by Gasteiger charge is -2.20. The molecule has 0 unspecified atom stereocenters. The second-order valence-electron chi connectivity index (χ2n) is 8.33. The van der Waals surface area contributed by atoms with Crippen molar-refractivity contribution in [3.8, 4) is 5.75 Å². The Morgan fingerprint density at radius 3 is 2.47 bits per heavy atom. The van der Waals surface area contributed by atoms with Crippen LogP contribution in [0.15, 0.2) is 107 Å². The molecule has 3 heterocycles. The van der Waals surface area contributed by atoms with Crippen molar-refractivity contribution in [2.45, 2.75) is 6.54 Å². The van der Waals surface area contributed by atoms with Crippen LogP contribution in [0, 0.1) is 5.41 Å². The van der Waals surface area contributed by atoms with Crippen molar-refractivity contribution in [2.24, 2.45) is 10.1 Å². The lowest BCUT2D eigenvalue weighted by molar-refractivity contribution is -0.114. The van der Waals surface area contributed by atoms with E-state index in [1.54, 1.807) is 6.08 Å². The minimum atomic E-state index is -0.445. The van der Waals surface area contributed by atoms with Crippen molar-refractivity contribution in [2.75, 3.05) is 6.61 Å². The Morgan fingerprint density at radius 2 is 1.67 bits per heavy atom. The van der Waals surface area contributed by atoms with E-state index >= 15 is 0 Å². The van der Waals surface area contributed by atoms with E-state index in [2.05, 4.69) is 32.9 Å². The maximum atomic E-state index is 12.9. The molecule has 0 atom stereocenters. The zero-order valence-corrected chi connectivity index (χ0v) is 20.0. The molecule has 2 aliphatic rings. The quantitative estimate of drug-likeness (QED) is 0.367. The van der Waals surface area contributed by atoms with Gasteiger partial charge in [0, 0.05) is 29.2 Å². The Hall–Kier alpha value is -4.43. The molecule has 0 radical (unpaired) electrons. The lowest BCUT2D eigenvalue weighted by atomic mass is 10.1. The smallest absolute Gasteiger partial charge is 0.283 e. The van der Waals surface area contributed by atoms with E-state index in [4.69, 9.17) is 10.1 Å². The number of hydrogen-bond donors (Lipinski definition) is 1. The zero-order valence-electron chi connectivity index (χ0n) is 19.2. The topological polar surface area (TPSA) is 83.0 Å². The first-order valence-electron chi connectivity index (χ1n) is 11.4. The molecule has 6 rings (SSSR count). The average Bonchev–Trinajstić information content (AvgIpc) is 3.48. The van der Waals surface area contributed by atoms with Gasteiger partial charge in [0.05, 0.1) is 5.57 Å². The monoisotopic (exact) mass is 491 g/mol. The summed E-state index contributed by atoms with van der Waals surface area (Å²) in [6.45, 7) is 0.938. The van der Waals surface area contributed by atoms with E-state index in [0.717, 1.165) is 22.2 Å². The van der Waals surface area contributed by atoms with Crippen LogP contribution < -0.4 is 4.74 Å². The molecule has 0 saturated heterocycles. The Bertz CT molecular complexity index is 1570. The largest absolute Gasteiger partial charge is 0.487 e. The molecule has 0 saturated carbocycles. The summed E-state index contributed by atoms with van der Waals surface area (Å²) in [6.07, 6.45) is 3.76. The van der Waals surface area contributed by atoms with E-state index in [1.807, 2.05) is 72.9 Å². The zero-order chi connectivity index (χ0) is 24.5. The minimum absolute atomic E-state index is 0.00658. The summed E-state index contributed by atoms with van der Waals surface area (Å²) in [6, 6.07) is 27.7. The fourth-order valence-corrected chi connectivity index (χ4v) is 5.01. The molecule has 3 aromatic carbocycles. The molecule has 7 nitrogen and oxygen atoms in total. The van der Waals surface area contributed by atoms with Crippen LogP contribution in [0.3, 0.4) is 0 Å². The molecule has 0 bridgehead atoms. The third kappa shape index (κ3) is 4.23. The summed E-state index contributed by atoms with van der Waals surface area (Å²) in [7, 11) is 0. The van der Waals surface area contributed by atoms with Gasteiger partial charge in [0.25, 0.3) is 5.91 Å². The third-order valence-corrected chi connectivity index (χ3v) is 6.80. The number of aliphatic imine (C=N–C) groups is 1. The van der Waals surface area contributed by atoms with Crippen LogP contribution in [0.5, 0.6) is 5.75 Å². The molecule has 1 aromatic heterocycles. The van der Waals surface area contributed by atoms with Gasteiger partial charge in [0.1, 0.15) is 17.4 Å². The van der Waals surface area contributed by atoms with E-state index in [9.17, 15) is 4.79 Å². The maximum absolute atomic E-state index is 12.9. The number of ether oxygens (including phenoxy) is 1. The van der Waals surface area contributed by atoms with Gasteiger partial charge in [-0.25, -0.2) is 0 Å². The van der Waals surface area contributed by atoms with Crippen LogP contribution in [-0.4, -0.2) is 38.1 Å². The predicted octanol–water partition coefficient (Wildman–Crippen LogP) is 5.39. The maximum Gasteiger partial charge on any atom is 0.283 e. The Balaban J connectivity index is 1.29. The van der Waals surface area contributed by atoms with Crippen molar-refractivity contribution in [3.05, 3.63) is 108 Å². The number of nitrogens with one attached hydrogen (secondary N) is 1. The number of hydrogen-bond acceptors (Lipinski definition) is 5. The normalized spacial score (nSPS) is 16.3. The molecular formula is C28H21N5O2S. The Labute approximate surface area is 211 Å². The number of aromatic nitrogens is 1. The molecule has 36 heavy (non-hydrogen) atoms. The Morgan fingerprint density at radius 1 is 0.944 bits per heavy atom. The summed E-state index contributed by atoms with van der Waals surface area (Å²) < 4.78 is 7.93. The predicted molar refractivity (Wildman–Crippen MR) is 144 cm³/mol. The molecule has 8 heteroatoms. The van der Waals surface area contributed by atoms with Gasteiger partial charge in [-0.05, 0) is 41.6 Å². The summed E-state index contributed by atoms with van der Waals surface area (Å²) in [4.78, 5) is 17.2. The number of rotatable bonds is 6. The van der Waals surface area contributed by atoms with Crippen molar-refractivity contribution < 1.29 is 9.53 Å². The van der Waals surface area contributed by atoms with Crippen LogP contribution in [0.2, 0.25) is 0 Å².